The highest BCUT2D eigenvalue weighted by Crippen LogP contribution is 2.31. The molecule has 0 fully saturated rings. The summed E-state index contributed by atoms with van der Waals surface area (Å²) in [6, 6.07) is 9.93. The molecule has 0 saturated heterocycles. The van der Waals surface area contributed by atoms with Gasteiger partial charge in [-0.2, -0.15) is 0 Å². The molecule has 0 N–H and O–H groups in total. The van der Waals surface area contributed by atoms with E-state index in [9.17, 15) is 4.79 Å². The number of Topliss-reactive ketones (excluding diaryl/α,β-unsaturated/α-hetero) is 1. The molecule has 1 aromatic rings. The summed E-state index contributed by atoms with van der Waals surface area (Å²) in [5.41, 5.74) is 1.12. The van der Waals surface area contributed by atoms with Gasteiger partial charge in [-0.25, -0.2) is 0 Å². The van der Waals surface area contributed by atoms with Crippen molar-refractivity contribution in [2.45, 2.75) is 23.0 Å². The van der Waals surface area contributed by atoms with Gasteiger partial charge in [0.2, 0.25) is 0 Å². The minimum Gasteiger partial charge on any atom is -0.298 e. The van der Waals surface area contributed by atoms with E-state index in [0.29, 0.717) is 6.42 Å². The van der Waals surface area contributed by atoms with Crippen molar-refractivity contribution in [1.82, 2.24) is 0 Å². The van der Waals surface area contributed by atoms with E-state index in [1.807, 2.05) is 37.3 Å². The summed E-state index contributed by atoms with van der Waals surface area (Å²) in [4.78, 5) is 11.4. The Kier molecular flexibility index (Phi) is 4.82. The number of rotatable bonds is 4. The maximum Gasteiger partial charge on any atom is 0.147 e. The summed E-state index contributed by atoms with van der Waals surface area (Å²) in [7, 11) is 0. The first kappa shape index (κ1) is 11.9. The number of hydrogen-bond donors (Lipinski definition) is 0. The van der Waals surface area contributed by atoms with E-state index in [1.165, 1.54) is 0 Å². The Labute approximate surface area is 101 Å². The van der Waals surface area contributed by atoms with E-state index >= 15 is 0 Å². The number of halogens is 2. The molecule has 0 unspecified atom stereocenters. The van der Waals surface area contributed by atoms with Gasteiger partial charge in [0.05, 0.1) is 9.65 Å². The number of alkyl halides is 2. The highest BCUT2D eigenvalue weighted by molar-refractivity contribution is 9.12. The van der Waals surface area contributed by atoms with E-state index in [2.05, 4.69) is 31.9 Å². The number of benzene rings is 1. The molecule has 0 aliphatic rings. The lowest BCUT2D eigenvalue weighted by atomic mass is 10.1. The molecule has 0 aliphatic carbocycles. The van der Waals surface area contributed by atoms with E-state index < -0.39 is 0 Å². The normalized spacial score (nSPS) is 14.8. The average molecular weight is 320 g/mol. The average Bonchev–Trinajstić information content (AvgIpc) is 2.27. The third-order valence-electron chi connectivity index (χ3n) is 2.03. The van der Waals surface area contributed by atoms with Crippen LogP contribution in [0.25, 0.3) is 0 Å². The van der Waals surface area contributed by atoms with Gasteiger partial charge in [-0.05, 0) is 5.56 Å². The Hall–Kier alpha value is -0.150. The van der Waals surface area contributed by atoms with Crippen LogP contribution in [-0.4, -0.2) is 10.6 Å². The number of ketones is 1. The van der Waals surface area contributed by atoms with Gasteiger partial charge < -0.3 is 0 Å². The molecule has 1 aromatic carbocycles. The molecule has 0 spiro atoms. The van der Waals surface area contributed by atoms with Crippen LogP contribution in [0.5, 0.6) is 0 Å². The van der Waals surface area contributed by atoms with Gasteiger partial charge in [-0.3, -0.25) is 4.79 Å². The first-order chi connectivity index (χ1) is 6.66. The van der Waals surface area contributed by atoms with Crippen LogP contribution in [0.1, 0.15) is 23.7 Å². The van der Waals surface area contributed by atoms with Crippen molar-refractivity contribution in [3.05, 3.63) is 35.9 Å². The second-order valence-electron chi connectivity index (χ2n) is 3.03. The highest BCUT2D eigenvalue weighted by atomic mass is 79.9. The summed E-state index contributed by atoms with van der Waals surface area (Å²) < 4.78 is 0. The fourth-order valence-corrected chi connectivity index (χ4v) is 2.39. The zero-order chi connectivity index (χ0) is 10.6. The van der Waals surface area contributed by atoms with Crippen molar-refractivity contribution in [3.63, 3.8) is 0 Å². The lowest BCUT2D eigenvalue weighted by Gasteiger charge is -2.15. The standard InChI is InChI=1S/C11H12Br2O/c1-2-9(14)11(13)10(12)8-6-4-3-5-7-8/h3-7,10-11H,2H2,1H3/t10-,11-/m0/s1. The van der Waals surface area contributed by atoms with Crippen molar-refractivity contribution in [3.8, 4) is 0 Å². The third-order valence-corrected chi connectivity index (χ3v) is 4.84. The molecule has 0 saturated carbocycles. The zero-order valence-electron chi connectivity index (χ0n) is 7.91. The Morgan fingerprint density at radius 2 is 1.86 bits per heavy atom. The number of carbonyl (C=O) groups is 1. The lowest BCUT2D eigenvalue weighted by Crippen LogP contribution is -2.17. The zero-order valence-corrected chi connectivity index (χ0v) is 11.1. The smallest absolute Gasteiger partial charge is 0.147 e. The minimum absolute atomic E-state index is 0.0520. The largest absolute Gasteiger partial charge is 0.298 e. The number of hydrogen-bond acceptors (Lipinski definition) is 1. The molecule has 1 nitrogen and oxygen atoms in total. The van der Waals surface area contributed by atoms with Gasteiger partial charge in [-0.15, -0.1) is 0 Å². The molecule has 3 heteroatoms. The van der Waals surface area contributed by atoms with Gasteiger partial charge in [0, 0.05) is 6.42 Å². The van der Waals surface area contributed by atoms with E-state index in [0.717, 1.165) is 5.56 Å². The lowest BCUT2D eigenvalue weighted by molar-refractivity contribution is -0.118. The van der Waals surface area contributed by atoms with Crippen molar-refractivity contribution in [2.75, 3.05) is 0 Å². The molecule has 14 heavy (non-hydrogen) atoms. The topological polar surface area (TPSA) is 17.1 Å². The third kappa shape index (κ3) is 2.92. The maximum atomic E-state index is 11.4. The van der Waals surface area contributed by atoms with Crippen LogP contribution in [0, 0.1) is 0 Å². The molecule has 76 valence electrons. The minimum atomic E-state index is -0.144. The monoisotopic (exact) mass is 318 g/mol. The Balaban J connectivity index is 2.75. The van der Waals surface area contributed by atoms with Crippen LogP contribution in [0.4, 0.5) is 0 Å². The van der Waals surface area contributed by atoms with Gasteiger partial charge in [0.1, 0.15) is 5.78 Å². The summed E-state index contributed by atoms with van der Waals surface area (Å²) in [6.07, 6.45) is 0.560. The quantitative estimate of drug-likeness (QED) is 0.770. The highest BCUT2D eigenvalue weighted by Gasteiger charge is 2.22. The first-order valence-corrected chi connectivity index (χ1v) is 6.35. The SMILES string of the molecule is CCC(=O)[C@H](Br)[C@@H](Br)c1ccccc1. The van der Waals surface area contributed by atoms with Crippen molar-refractivity contribution >= 4 is 37.6 Å². The molecule has 1 rings (SSSR count). The van der Waals surface area contributed by atoms with Crippen molar-refractivity contribution in [2.24, 2.45) is 0 Å². The second kappa shape index (κ2) is 5.66. The molecule has 0 amide bonds. The summed E-state index contributed by atoms with van der Waals surface area (Å²) in [6.45, 7) is 1.88. The summed E-state index contributed by atoms with van der Waals surface area (Å²) >= 11 is 6.93. The van der Waals surface area contributed by atoms with Crippen LogP contribution < -0.4 is 0 Å². The summed E-state index contributed by atoms with van der Waals surface area (Å²) in [5.74, 6) is 0.218. The van der Waals surface area contributed by atoms with Crippen LogP contribution in [-0.2, 0) is 4.79 Å². The van der Waals surface area contributed by atoms with Crippen LogP contribution in [0.2, 0.25) is 0 Å². The first-order valence-electron chi connectivity index (χ1n) is 4.52. The maximum absolute atomic E-state index is 11.4. The van der Waals surface area contributed by atoms with Gasteiger partial charge in [0.25, 0.3) is 0 Å². The molecule has 2 atom stereocenters. The molecule has 0 radical (unpaired) electrons. The molecular weight excluding hydrogens is 308 g/mol. The van der Waals surface area contributed by atoms with Gasteiger partial charge >= 0.3 is 0 Å². The second-order valence-corrected chi connectivity index (χ2v) is 5.01. The molecule has 0 heterocycles. The van der Waals surface area contributed by atoms with Gasteiger partial charge in [0.15, 0.2) is 0 Å². The van der Waals surface area contributed by atoms with Gasteiger partial charge in [-0.1, -0.05) is 69.1 Å². The Morgan fingerprint density at radius 1 is 1.29 bits per heavy atom. The van der Waals surface area contributed by atoms with E-state index in [1.54, 1.807) is 0 Å². The number of carbonyl (C=O) groups excluding carboxylic acids is 1. The fraction of sp³-hybridized carbons (Fsp3) is 0.364. The van der Waals surface area contributed by atoms with Crippen molar-refractivity contribution in [1.29, 1.82) is 0 Å². The molecule has 0 aromatic heterocycles. The Bertz CT molecular complexity index is 297. The molecule has 0 aliphatic heterocycles. The van der Waals surface area contributed by atoms with Crippen molar-refractivity contribution < 1.29 is 4.79 Å². The Morgan fingerprint density at radius 3 is 2.36 bits per heavy atom. The van der Waals surface area contributed by atoms with E-state index in [4.69, 9.17) is 0 Å². The van der Waals surface area contributed by atoms with Crippen LogP contribution in [0.15, 0.2) is 30.3 Å². The fourth-order valence-electron chi connectivity index (χ4n) is 1.16. The predicted octanol–water partition coefficient (Wildman–Crippen LogP) is 3.87. The van der Waals surface area contributed by atoms with Crippen LogP contribution >= 0.6 is 31.9 Å². The molecule has 0 bridgehead atoms. The van der Waals surface area contributed by atoms with E-state index in [-0.39, 0.29) is 15.4 Å². The van der Waals surface area contributed by atoms with Crippen LogP contribution in [0.3, 0.4) is 0 Å². The molecular formula is C11H12Br2O. The summed E-state index contributed by atoms with van der Waals surface area (Å²) in [5, 5.41) is 0. The predicted molar refractivity (Wildman–Crippen MR) is 66.1 cm³/mol.